The van der Waals surface area contributed by atoms with Crippen LogP contribution in [0.25, 0.3) is 11.1 Å². The van der Waals surface area contributed by atoms with Crippen molar-refractivity contribution in [3.8, 4) is 16.9 Å². The van der Waals surface area contributed by atoms with Gasteiger partial charge in [0.25, 0.3) is 0 Å². The van der Waals surface area contributed by atoms with E-state index in [1.54, 1.807) is 31.4 Å². The van der Waals surface area contributed by atoms with Gasteiger partial charge in [-0.3, -0.25) is 9.90 Å². The predicted molar refractivity (Wildman–Crippen MR) is 73.8 cm³/mol. The van der Waals surface area contributed by atoms with Crippen molar-refractivity contribution >= 4 is 5.69 Å². The number of ether oxygens (including phenoxy) is 1. The lowest BCUT2D eigenvalue weighted by Gasteiger charge is -2.17. The minimum Gasteiger partial charge on any atom is -0.496 e. The van der Waals surface area contributed by atoms with Crippen molar-refractivity contribution in [3.05, 3.63) is 48.3 Å². The lowest BCUT2D eigenvalue weighted by atomic mass is 10.0. The van der Waals surface area contributed by atoms with E-state index in [0.717, 1.165) is 11.3 Å². The topological polar surface area (TPSA) is 21.7 Å². The third-order valence-corrected chi connectivity index (χ3v) is 2.97. The van der Waals surface area contributed by atoms with Crippen molar-refractivity contribution in [2.75, 3.05) is 26.3 Å². The van der Waals surface area contributed by atoms with E-state index in [1.165, 1.54) is 13.2 Å². The van der Waals surface area contributed by atoms with Gasteiger partial charge in [0, 0.05) is 7.05 Å². The fraction of sp³-hybridized carbons (Fsp3) is 0.200. The van der Waals surface area contributed by atoms with E-state index in [4.69, 9.17) is 9.57 Å². The maximum absolute atomic E-state index is 14.0. The van der Waals surface area contributed by atoms with Crippen LogP contribution in [0.4, 0.5) is 10.1 Å². The van der Waals surface area contributed by atoms with Crippen molar-refractivity contribution in [1.82, 2.24) is 0 Å². The first-order valence-electron chi connectivity index (χ1n) is 5.88. The Hall–Kier alpha value is -2.07. The predicted octanol–water partition coefficient (Wildman–Crippen LogP) is 3.50. The highest BCUT2D eigenvalue weighted by Gasteiger charge is 2.12. The molecule has 0 atom stereocenters. The van der Waals surface area contributed by atoms with Crippen LogP contribution >= 0.6 is 0 Å². The molecule has 0 fully saturated rings. The summed E-state index contributed by atoms with van der Waals surface area (Å²) in [6.07, 6.45) is 0. The van der Waals surface area contributed by atoms with Gasteiger partial charge in [-0.15, -0.1) is 0 Å². The second-order valence-corrected chi connectivity index (χ2v) is 4.05. The molecule has 0 radical (unpaired) electrons. The zero-order valence-corrected chi connectivity index (χ0v) is 11.2. The highest BCUT2D eigenvalue weighted by Crippen LogP contribution is 2.34. The number of halogens is 1. The Bertz CT molecular complexity index is 572. The van der Waals surface area contributed by atoms with Crippen LogP contribution in [0.15, 0.2) is 42.5 Å². The molecule has 0 saturated heterocycles. The maximum Gasteiger partial charge on any atom is 0.134 e. The first-order valence-corrected chi connectivity index (χ1v) is 5.88. The molecule has 0 amide bonds. The molecule has 0 aromatic heterocycles. The Morgan fingerprint density at radius 3 is 2.47 bits per heavy atom. The Morgan fingerprint density at radius 2 is 1.79 bits per heavy atom. The van der Waals surface area contributed by atoms with Crippen molar-refractivity contribution in [2.45, 2.75) is 0 Å². The molecule has 0 aliphatic rings. The average Bonchev–Trinajstić information content (AvgIpc) is 2.46. The number of hydrogen-bond acceptors (Lipinski definition) is 3. The number of nitrogens with zero attached hydrogens (tertiary/aromatic N) is 1. The SMILES string of the molecule is COc1cccc(F)c1-c1cccc(N(C)OC)c1. The maximum atomic E-state index is 14.0. The zero-order chi connectivity index (χ0) is 13.8. The van der Waals surface area contributed by atoms with Crippen molar-refractivity contribution in [2.24, 2.45) is 0 Å². The number of rotatable bonds is 4. The Morgan fingerprint density at radius 1 is 1.05 bits per heavy atom. The molecule has 0 saturated carbocycles. The summed E-state index contributed by atoms with van der Waals surface area (Å²) in [7, 11) is 4.90. The quantitative estimate of drug-likeness (QED) is 0.786. The fourth-order valence-corrected chi connectivity index (χ4v) is 1.92. The van der Waals surface area contributed by atoms with E-state index in [0.29, 0.717) is 11.3 Å². The van der Waals surface area contributed by atoms with E-state index in [1.807, 2.05) is 24.3 Å². The van der Waals surface area contributed by atoms with E-state index in [2.05, 4.69) is 0 Å². The Kier molecular flexibility index (Phi) is 4.02. The van der Waals surface area contributed by atoms with Gasteiger partial charge in [-0.05, 0) is 29.8 Å². The molecule has 0 heterocycles. The number of hydrogen-bond donors (Lipinski definition) is 0. The van der Waals surface area contributed by atoms with Gasteiger partial charge in [0.05, 0.1) is 25.5 Å². The van der Waals surface area contributed by atoms with Gasteiger partial charge in [-0.1, -0.05) is 18.2 Å². The van der Waals surface area contributed by atoms with Gasteiger partial charge >= 0.3 is 0 Å². The van der Waals surface area contributed by atoms with Crippen LogP contribution < -0.4 is 9.80 Å². The van der Waals surface area contributed by atoms with Gasteiger partial charge < -0.3 is 4.74 Å². The number of methoxy groups -OCH3 is 1. The molecule has 0 spiro atoms. The third-order valence-electron chi connectivity index (χ3n) is 2.97. The standard InChI is InChI=1S/C15H16FNO2/c1-17(19-3)12-7-4-6-11(10-12)15-13(16)8-5-9-14(15)18-2/h4-10H,1-3H3. The summed E-state index contributed by atoms with van der Waals surface area (Å²) in [6.45, 7) is 0. The molecular weight excluding hydrogens is 245 g/mol. The first-order chi connectivity index (χ1) is 9.17. The molecule has 2 aromatic rings. The van der Waals surface area contributed by atoms with E-state index in [-0.39, 0.29) is 5.82 Å². The Balaban J connectivity index is 2.53. The normalized spacial score (nSPS) is 10.3. The molecular formula is C15H16FNO2. The minimum absolute atomic E-state index is 0.309. The smallest absolute Gasteiger partial charge is 0.134 e. The summed E-state index contributed by atoms with van der Waals surface area (Å²) < 4.78 is 19.2. The summed E-state index contributed by atoms with van der Waals surface area (Å²) >= 11 is 0. The summed E-state index contributed by atoms with van der Waals surface area (Å²) in [5.41, 5.74) is 2.04. The third kappa shape index (κ3) is 2.69. The van der Waals surface area contributed by atoms with Crippen LogP contribution in [-0.4, -0.2) is 21.3 Å². The Labute approximate surface area is 112 Å². The van der Waals surface area contributed by atoms with Gasteiger partial charge in [0.15, 0.2) is 0 Å². The molecule has 0 aliphatic heterocycles. The highest BCUT2D eigenvalue weighted by molar-refractivity contribution is 5.74. The lowest BCUT2D eigenvalue weighted by molar-refractivity contribution is 0.185. The van der Waals surface area contributed by atoms with Crippen LogP contribution in [0.2, 0.25) is 0 Å². The molecule has 0 N–H and O–H groups in total. The van der Waals surface area contributed by atoms with Crippen LogP contribution in [0.5, 0.6) is 5.75 Å². The molecule has 0 aliphatic carbocycles. The molecule has 0 unspecified atom stereocenters. The largest absolute Gasteiger partial charge is 0.496 e. The van der Waals surface area contributed by atoms with Crippen molar-refractivity contribution in [3.63, 3.8) is 0 Å². The summed E-state index contributed by atoms with van der Waals surface area (Å²) in [4.78, 5) is 5.12. The first kappa shape index (κ1) is 13.4. The van der Waals surface area contributed by atoms with Crippen LogP contribution in [0, 0.1) is 5.82 Å². The second-order valence-electron chi connectivity index (χ2n) is 4.05. The monoisotopic (exact) mass is 261 g/mol. The van der Waals surface area contributed by atoms with E-state index < -0.39 is 0 Å². The molecule has 2 rings (SSSR count). The van der Waals surface area contributed by atoms with Crippen molar-refractivity contribution < 1.29 is 14.0 Å². The fourth-order valence-electron chi connectivity index (χ4n) is 1.92. The van der Waals surface area contributed by atoms with Crippen LogP contribution in [0.1, 0.15) is 0 Å². The summed E-state index contributed by atoms with van der Waals surface area (Å²) in [5.74, 6) is 0.203. The number of benzene rings is 2. The average molecular weight is 261 g/mol. The summed E-state index contributed by atoms with van der Waals surface area (Å²) in [6, 6.07) is 12.2. The number of anilines is 1. The molecule has 100 valence electrons. The molecule has 3 nitrogen and oxygen atoms in total. The zero-order valence-electron chi connectivity index (χ0n) is 11.2. The lowest BCUT2D eigenvalue weighted by Crippen LogP contribution is -2.14. The van der Waals surface area contributed by atoms with E-state index in [9.17, 15) is 4.39 Å². The van der Waals surface area contributed by atoms with Gasteiger partial charge in [-0.25, -0.2) is 4.39 Å². The number of hydroxylamine groups is 1. The van der Waals surface area contributed by atoms with E-state index >= 15 is 0 Å². The van der Waals surface area contributed by atoms with Crippen molar-refractivity contribution in [1.29, 1.82) is 0 Å². The summed E-state index contributed by atoms with van der Waals surface area (Å²) in [5, 5.41) is 1.61. The van der Waals surface area contributed by atoms with Crippen LogP contribution in [0.3, 0.4) is 0 Å². The highest BCUT2D eigenvalue weighted by atomic mass is 19.1. The second kappa shape index (κ2) is 5.71. The van der Waals surface area contributed by atoms with Gasteiger partial charge in [0.2, 0.25) is 0 Å². The van der Waals surface area contributed by atoms with Gasteiger partial charge in [-0.2, -0.15) is 0 Å². The molecule has 0 bridgehead atoms. The molecule has 4 heteroatoms. The molecule has 2 aromatic carbocycles. The molecule has 19 heavy (non-hydrogen) atoms. The van der Waals surface area contributed by atoms with Crippen LogP contribution in [-0.2, 0) is 4.84 Å². The minimum atomic E-state index is -0.309. The van der Waals surface area contributed by atoms with Gasteiger partial charge in [0.1, 0.15) is 11.6 Å².